The van der Waals surface area contributed by atoms with Gasteiger partial charge in [-0.1, -0.05) is 6.07 Å². The fourth-order valence-corrected chi connectivity index (χ4v) is 6.21. The third-order valence-corrected chi connectivity index (χ3v) is 7.84. The zero-order valence-electron chi connectivity index (χ0n) is 21.1. The van der Waals surface area contributed by atoms with E-state index in [0.29, 0.717) is 52.3 Å². The maximum Gasteiger partial charge on any atom is 0.248 e. The number of aliphatic hydroxyl groups excluding tert-OH is 1. The molecule has 3 aromatic heterocycles. The van der Waals surface area contributed by atoms with Crippen molar-refractivity contribution in [3.8, 4) is 22.5 Å². The molecule has 10 nitrogen and oxygen atoms in total. The first-order valence-corrected chi connectivity index (χ1v) is 12.7. The summed E-state index contributed by atoms with van der Waals surface area (Å²) in [5.41, 5.74) is 10.2. The van der Waals surface area contributed by atoms with Gasteiger partial charge in [0.2, 0.25) is 5.91 Å². The van der Waals surface area contributed by atoms with Crippen molar-refractivity contribution in [3.63, 3.8) is 0 Å². The van der Waals surface area contributed by atoms with E-state index in [0.717, 1.165) is 18.5 Å². The number of imidazole rings is 1. The smallest absolute Gasteiger partial charge is 0.248 e. The minimum Gasteiger partial charge on any atom is -0.387 e. The molecule has 196 valence electrons. The first-order valence-electron chi connectivity index (χ1n) is 12.7. The van der Waals surface area contributed by atoms with Crippen LogP contribution in [0, 0.1) is 12.7 Å². The van der Waals surface area contributed by atoms with Gasteiger partial charge >= 0.3 is 0 Å². The number of aliphatic hydroxyl groups is 1. The van der Waals surface area contributed by atoms with Gasteiger partial charge in [-0.3, -0.25) is 9.59 Å². The van der Waals surface area contributed by atoms with Crippen LogP contribution in [0.15, 0.2) is 30.6 Å². The predicted molar refractivity (Wildman–Crippen MR) is 138 cm³/mol. The number of H-pyrrole nitrogens is 1. The molecule has 0 unspecified atom stereocenters. The first-order chi connectivity index (χ1) is 18.3. The van der Waals surface area contributed by atoms with Crippen molar-refractivity contribution in [1.82, 2.24) is 29.5 Å². The fraction of sp³-hybridized carbons (Fsp3) is 0.370. The molecule has 3 atom stereocenters. The molecule has 0 spiro atoms. The molecule has 2 aliphatic heterocycles. The molecule has 11 heteroatoms. The van der Waals surface area contributed by atoms with Crippen LogP contribution in [0.4, 0.5) is 10.2 Å². The van der Waals surface area contributed by atoms with Crippen LogP contribution in [0.2, 0.25) is 0 Å². The van der Waals surface area contributed by atoms with Gasteiger partial charge in [-0.05, 0) is 57.2 Å². The molecule has 1 aromatic carbocycles. The highest BCUT2D eigenvalue weighted by Gasteiger charge is 2.44. The van der Waals surface area contributed by atoms with E-state index in [1.807, 2.05) is 6.92 Å². The quantitative estimate of drug-likeness (QED) is 0.345. The van der Waals surface area contributed by atoms with Gasteiger partial charge in [0.05, 0.1) is 23.0 Å². The van der Waals surface area contributed by atoms with Crippen LogP contribution in [-0.4, -0.2) is 65.0 Å². The van der Waals surface area contributed by atoms with Gasteiger partial charge in [-0.2, -0.15) is 9.61 Å². The monoisotopic (exact) mass is 517 g/mol. The van der Waals surface area contributed by atoms with E-state index in [2.05, 4.69) is 15.1 Å². The lowest BCUT2D eigenvalue weighted by Gasteiger charge is -2.39. The number of Topliss-reactive ketones (excluding diaryl/α,β-unsaturated/α-hetero) is 1. The lowest BCUT2D eigenvalue weighted by atomic mass is 9.85. The van der Waals surface area contributed by atoms with Crippen molar-refractivity contribution in [1.29, 1.82) is 0 Å². The van der Waals surface area contributed by atoms with E-state index in [4.69, 9.17) is 10.7 Å². The Bertz CT molecular complexity index is 1580. The molecule has 2 saturated heterocycles. The highest BCUT2D eigenvalue weighted by Crippen LogP contribution is 2.44. The van der Waals surface area contributed by atoms with Gasteiger partial charge in [-0.15, -0.1) is 0 Å². The first kappa shape index (κ1) is 24.2. The van der Waals surface area contributed by atoms with E-state index in [1.165, 1.54) is 17.5 Å². The standard InChI is InChI=1S/C27H28FN7O3/c1-13-10-30-26(32-13)19-6-3-15(9-21(19)28)20-11-31-35-25(29)23(14(2)37)24(33-27(20)35)16-7-17-4-5-18(8-16)34(17)22(38)12-36/h3,6,9-11,16-18,36H,4-5,7-8,12,29H2,1-2H3,(H,30,32)/t16-,17+,18-. The van der Waals surface area contributed by atoms with Crippen LogP contribution in [-0.2, 0) is 4.79 Å². The molecule has 0 saturated carbocycles. The summed E-state index contributed by atoms with van der Waals surface area (Å²) in [4.78, 5) is 39.1. The van der Waals surface area contributed by atoms with Crippen LogP contribution < -0.4 is 5.73 Å². The summed E-state index contributed by atoms with van der Waals surface area (Å²) in [7, 11) is 0. The van der Waals surface area contributed by atoms with Crippen molar-refractivity contribution in [2.75, 3.05) is 12.3 Å². The SMILES string of the molecule is CC(=O)c1c([C@H]2C[C@H]3CC[C@@H](C2)N3C(=O)CO)nc2c(-c3ccc(-c4ncc(C)[nH]4)c(F)c3)cnn2c1N. The largest absolute Gasteiger partial charge is 0.387 e. The molecule has 4 aromatic rings. The fourth-order valence-electron chi connectivity index (χ4n) is 6.21. The van der Waals surface area contributed by atoms with E-state index in [1.54, 1.807) is 29.4 Å². The topological polar surface area (TPSA) is 142 Å². The number of nitrogens with one attached hydrogen (secondary N) is 1. The maximum atomic E-state index is 15.2. The number of nitrogens with two attached hydrogens (primary N) is 1. The van der Waals surface area contributed by atoms with Gasteiger partial charge in [0.15, 0.2) is 11.4 Å². The average molecular weight is 518 g/mol. The summed E-state index contributed by atoms with van der Waals surface area (Å²) in [5.74, 6) is -0.378. The van der Waals surface area contributed by atoms with Crippen LogP contribution in [0.25, 0.3) is 28.2 Å². The number of aromatic nitrogens is 5. The summed E-state index contributed by atoms with van der Waals surface area (Å²) in [6.45, 7) is 2.79. The Morgan fingerprint density at radius 1 is 1.18 bits per heavy atom. The summed E-state index contributed by atoms with van der Waals surface area (Å²) in [6.07, 6.45) is 6.16. The zero-order valence-corrected chi connectivity index (χ0v) is 21.1. The number of fused-ring (bicyclic) bond motifs is 3. The highest BCUT2D eigenvalue weighted by molar-refractivity contribution is 6.00. The predicted octanol–water partition coefficient (Wildman–Crippen LogP) is 3.25. The minimum absolute atomic E-state index is 0.0197. The summed E-state index contributed by atoms with van der Waals surface area (Å²) in [6, 6.07) is 4.82. The van der Waals surface area contributed by atoms with Crippen LogP contribution in [0.5, 0.6) is 0 Å². The van der Waals surface area contributed by atoms with Crippen LogP contribution in [0.3, 0.4) is 0 Å². The van der Waals surface area contributed by atoms with Crippen LogP contribution in [0.1, 0.15) is 60.3 Å². The molecule has 0 aliphatic carbocycles. The molecule has 38 heavy (non-hydrogen) atoms. The van der Waals surface area contributed by atoms with E-state index in [-0.39, 0.29) is 35.5 Å². The molecule has 2 aliphatic rings. The summed E-state index contributed by atoms with van der Waals surface area (Å²) in [5, 5.41) is 13.8. The Labute approximate surface area is 217 Å². The molecule has 2 bridgehead atoms. The second-order valence-electron chi connectivity index (χ2n) is 10.2. The Hall–Kier alpha value is -4.12. The highest BCUT2D eigenvalue weighted by atomic mass is 19.1. The van der Waals surface area contributed by atoms with Gasteiger partial charge < -0.3 is 20.7 Å². The van der Waals surface area contributed by atoms with Gasteiger partial charge in [0, 0.05) is 35.5 Å². The van der Waals surface area contributed by atoms with Crippen molar-refractivity contribution in [3.05, 3.63) is 53.4 Å². The zero-order chi connectivity index (χ0) is 26.7. The number of benzene rings is 1. The van der Waals surface area contributed by atoms with E-state index < -0.39 is 12.4 Å². The average Bonchev–Trinajstić information content (AvgIpc) is 3.58. The molecule has 5 heterocycles. The Balaban J connectivity index is 1.43. The molecular weight excluding hydrogens is 489 g/mol. The number of piperidine rings is 1. The third-order valence-electron chi connectivity index (χ3n) is 7.84. The molecular formula is C27H28FN7O3. The maximum absolute atomic E-state index is 15.2. The summed E-state index contributed by atoms with van der Waals surface area (Å²) >= 11 is 0. The Kier molecular flexibility index (Phi) is 5.75. The number of rotatable bonds is 5. The van der Waals surface area contributed by atoms with Gasteiger partial charge in [-0.25, -0.2) is 14.4 Å². The number of amides is 1. The minimum atomic E-state index is -0.512. The Morgan fingerprint density at radius 3 is 2.53 bits per heavy atom. The molecule has 4 N–H and O–H groups in total. The molecule has 2 fully saturated rings. The number of nitrogens with zero attached hydrogens (tertiary/aromatic N) is 5. The third kappa shape index (κ3) is 3.76. The molecule has 1 amide bonds. The lowest BCUT2D eigenvalue weighted by Crippen LogP contribution is -2.47. The number of hydrogen-bond donors (Lipinski definition) is 3. The number of nitrogen functional groups attached to an aromatic ring is 1. The van der Waals surface area contributed by atoms with Crippen molar-refractivity contribution >= 4 is 23.2 Å². The number of anilines is 1. The lowest BCUT2D eigenvalue weighted by molar-refractivity contribution is -0.138. The number of aryl methyl sites for hydroxylation is 1. The van der Waals surface area contributed by atoms with Crippen molar-refractivity contribution < 1.29 is 19.1 Å². The molecule has 6 rings (SSSR count). The number of ketones is 1. The van der Waals surface area contributed by atoms with Gasteiger partial charge in [0.25, 0.3) is 0 Å². The second kappa shape index (κ2) is 9.02. The number of halogens is 1. The normalized spacial score (nSPS) is 20.8. The number of hydrogen-bond acceptors (Lipinski definition) is 7. The van der Waals surface area contributed by atoms with E-state index in [9.17, 15) is 14.7 Å². The van der Waals surface area contributed by atoms with Crippen molar-refractivity contribution in [2.45, 2.75) is 57.5 Å². The van der Waals surface area contributed by atoms with E-state index >= 15 is 4.39 Å². The second-order valence-corrected chi connectivity index (χ2v) is 10.2. The number of aromatic amines is 1. The Morgan fingerprint density at radius 2 is 1.92 bits per heavy atom. The molecule has 0 radical (unpaired) electrons. The number of carbonyl (C=O) groups excluding carboxylic acids is 2. The van der Waals surface area contributed by atoms with Crippen molar-refractivity contribution in [2.24, 2.45) is 0 Å². The summed E-state index contributed by atoms with van der Waals surface area (Å²) < 4.78 is 16.6. The number of carbonyl (C=O) groups is 2. The van der Waals surface area contributed by atoms with Gasteiger partial charge in [0.1, 0.15) is 24.1 Å². The van der Waals surface area contributed by atoms with Crippen LogP contribution >= 0.6 is 0 Å².